The predicted octanol–water partition coefficient (Wildman–Crippen LogP) is -0.203. The molecule has 0 heterocycles. The summed E-state index contributed by atoms with van der Waals surface area (Å²) in [7, 11) is 1.55. The highest BCUT2D eigenvalue weighted by Gasteiger charge is 2.15. The first kappa shape index (κ1) is 22.1. The van der Waals surface area contributed by atoms with Crippen LogP contribution in [0, 0.1) is 0 Å². The summed E-state index contributed by atoms with van der Waals surface area (Å²) in [5.74, 6) is -0.483. The smallest absolute Gasteiger partial charge is 0.407 e. The molecule has 0 atom stereocenters. The number of alkyl carbamates (subject to hydrolysis) is 1. The zero-order valence-electron chi connectivity index (χ0n) is 14.9. The van der Waals surface area contributed by atoms with E-state index >= 15 is 0 Å². The molecule has 0 spiro atoms. The van der Waals surface area contributed by atoms with Crippen molar-refractivity contribution in [2.75, 3.05) is 46.6 Å². The average molecular weight is 347 g/mol. The van der Waals surface area contributed by atoms with Crippen LogP contribution in [0.25, 0.3) is 0 Å². The number of hydrogen-bond acceptors (Lipinski definition) is 6. The van der Waals surface area contributed by atoms with Crippen LogP contribution in [0.5, 0.6) is 0 Å². The zero-order chi connectivity index (χ0) is 18.4. The van der Waals surface area contributed by atoms with E-state index in [-0.39, 0.29) is 31.4 Å². The minimum atomic E-state index is -0.572. The summed E-state index contributed by atoms with van der Waals surface area (Å²) < 4.78 is 14.9. The fourth-order valence-corrected chi connectivity index (χ4v) is 1.44. The maximum atomic E-state index is 11.5. The van der Waals surface area contributed by atoms with Crippen LogP contribution in [-0.4, -0.2) is 70.1 Å². The number of ether oxygens (including phenoxy) is 3. The molecule has 0 saturated carbocycles. The largest absolute Gasteiger partial charge is 0.444 e. The molecule has 9 nitrogen and oxygen atoms in total. The maximum Gasteiger partial charge on any atom is 0.407 e. The molecule has 3 N–H and O–H groups in total. The molecule has 0 aliphatic carbocycles. The Morgan fingerprint density at radius 3 is 2.08 bits per heavy atom. The number of carbonyl (C=O) groups is 3. The van der Waals surface area contributed by atoms with E-state index in [9.17, 15) is 14.4 Å². The standard InChI is InChI=1S/C15H29N3O6/c1-15(2,3)24-14(21)18-6-5-12(19)16-7-8-17-13(20)11-23-10-9-22-4/h5-11H2,1-4H3,(H,16,19)(H,17,20)(H,18,21). The molecular weight excluding hydrogens is 318 g/mol. The van der Waals surface area contributed by atoms with Crippen molar-refractivity contribution in [2.45, 2.75) is 32.8 Å². The van der Waals surface area contributed by atoms with Gasteiger partial charge in [-0.1, -0.05) is 0 Å². The van der Waals surface area contributed by atoms with Gasteiger partial charge >= 0.3 is 6.09 Å². The number of methoxy groups -OCH3 is 1. The fourth-order valence-electron chi connectivity index (χ4n) is 1.44. The van der Waals surface area contributed by atoms with Crippen LogP contribution in [-0.2, 0) is 23.8 Å². The first-order valence-electron chi connectivity index (χ1n) is 7.81. The second-order valence-electron chi connectivity index (χ2n) is 5.92. The molecule has 3 amide bonds. The summed E-state index contributed by atoms with van der Waals surface area (Å²) >= 11 is 0. The lowest BCUT2D eigenvalue weighted by molar-refractivity contribution is -0.126. The molecule has 0 aromatic heterocycles. The van der Waals surface area contributed by atoms with Crippen LogP contribution in [0.15, 0.2) is 0 Å². The van der Waals surface area contributed by atoms with E-state index in [1.807, 2.05) is 0 Å². The first-order valence-corrected chi connectivity index (χ1v) is 7.81. The van der Waals surface area contributed by atoms with Gasteiger partial charge in [0.1, 0.15) is 12.2 Å². The molecule has 0 unspecified atom stereocenters. The van der Waals surface area contributed by atoms with Crippen molar-refractivity contribution in [1.82, 2.24) is 16.0 Å². The third kappa shape index (κ3) is 15.0. The molecule has 0 aliphatic rings. The lowest BCUT2D eigenvalue weighted by Crippen LogP contribution is -2.38. The van der Waals surface area contributed by atoms with Gasteiger partial charge in [-0.2, -0.15) is 0 Å². The predicted molar refractivity (Wildman–Crippen MR) is 87.6 cm³/mol. The van der Waals surface area contributed by atoms with E-state index < -0.39 is 11.7 Å². The van der Waals surface area contributed by atoms with Gasteiger partial charge in [0.05, 0.1) is 13.2 Å². The summed E-state index contributed by atoms with van der Waals surface area (Å²) in [5.41, 5.74) is -0.572. The Kier molecular flexibility index (Phi) is 11.6. The molecule has 0 aromatic carbocycles. The quantitative estimate of drug-likeness (QED) is 0.446. The highest BCUT2D eigenvalue weighted by molar-refractivity contribution is 5.78. The van der Waals surface area contributed by atoms with E-state index in [0.717, 1.165) is 0 Å². The highest BCUT2D eigenvalue weighted by atomic mass is 16.6. The van der Waals surface area contributed by atoms with Gasteiger partial charge in [-0.05, 0) is 20.8 Å². The van der Waals surface area contributed by atoms with E-state index in [4.69, 9.17) is 14.2 Å². The SMILES string of the molecule is COCCOCC(=O)NCCNC(=O)CCNC(=O)OC(C)(C)C. The maximum absolute atomic E-state index is 11.5. The van der Waals surface area contributed by atoms with Crippen LogP contribution in [0.4, 0.5) is 4.79 Å². The Bertz CT molecular complexity index is 395. The summed E-state index contributed by atoms with van der Waals surface area (Å²) in [6.07, 6.45) is -0.427. The van der Waals surface area contributed by atoms with Crippen molar-refractivity contribution in [3.63, 3.8) is 0 Å². The number of rotatable bonds is 11. The number of hydrogen-bond donors (Lipinski definition) is 3. The molecule has 0 fully saturated rings. The fraction of sp³-hybridized carbons (Fsp3) is 0.800. The minimum absolute atomic E-state index is 0.0445. The van der Waals surface area contributed by atoms with E-state index in [1.165, 1.54) is 0 Å². The topological polar surface area (TPSA) is 115 Å². The number of amides is 3. The van der Waals surface area contributed by atoms with Gasteiger partial charge in [-0.25, -0.2) is 4.79 Å². The Balaban J connectivity index is 3.56. The van der Waals surface area contributed by atoms with Crippen LogP contribution in [0.3, 0.4) is 0 Å². The molecular formula is C15H29N3O6. The second kappa shape index (κ2) is 12.5. The summed E-state index contributed by atoms with van der Waals surface area (Å²) in [6.45, 7) is 6.80. The van der Waals surface area contributed by atoms with Crippen molar-refractivity contribution in [1.29, 1.82) is 0 Å². The monoisotopic (exact) mass is 347 g/mol. The molecule has 0 bridgehead atoms. The average Bonchev–Trinajstić information content (AvgIpc) is 2.46. The van der Waals surface area contributed by atoms with Crippen molar-refractivity contribution in [3.05, 3.63) is 0 Å². The van der Waals surface area contributed by atoms with E-state index in [2.05, 4.69) is 16.0 Å². The van der Waals surface area contributed by atoms with Gasteiger partial charge in [0.25, 0.3) is 0 Å². The van der Waals surface area contributed by atoms with Crippen molar-refractivity contribution in [3.8, 4) is 0 Å². The van der Waals surface area contributed by atoms with Gasteiger partial charge in [0.2, 0.25) is 11.8 Å². The molecule has 0 saturated heterocycles. The Morgan fingerprint density at radius 2 is 1.50 bits per heavy atom. The van der Waals surface area contributed by atoms with E-state index in [0.29, 0.717) is 26.3 Å². The van der Waals surface area contributed by atoms with Gasteiger partial charge in [-0.15, -0.1) is 0 Å². The molecule has 0 aromatic rings. The van der Waals surface area contributed by atoms with Crippen molar-refractivity contribution >= 4 is 17.9 Å². The normalized spacial score (nSPS) is 10.8. The van der Waals surface area contributed by atoms with Crippen LogP contribution in [0.2, 0.25) is 0 Å². The van der Waals surface area contributed by atoms with Gasteiger partial charge in [0, 0.05) is 33.2 Å². The summed E-state index contributed by atoms with van der Waals surface area (Å²) in [5, 5.41) is 7.73. The Hall–Kier alpha value is -1.87. The lowest BCUT2D eigenvalue weighted by Gasteiger charge is -2.19. The molecule has 140 valence electrons. The first-order chi connectivity index (χ1) is 11.2. The van der Waals surface area contributed by atoms with Crippen LogP contribution < -0.4 is 16.0 Å². The Labute approximate surface area is 142 Å². The van der Waals surface area contributed by atoms with Crippen LogP contribution >= 0.6 is 0 Å². The molecule has 24 heavy (non-hydrogen) atoms. The number of nitrogens with one attached hydrogen (secondary N) is 3. The second-order valence-corrected chi connectivity index (χ2v) is 5.92. The lowest BCUT2D eigenvalue weighted by atomic mass is 10.2. The van der Waals surface area contributed by atoms with E-state index in [1.54, 1.807) is 27.9 Å². The highest BCUT2D eigenvalue weighted by Crippen LogP contribution is 2.06. The van der Waals surface area contributed by atoms with Gasteiger partial charge in [-0.3, -0.25) is 9.59 Å². The summed E-state index contributed by atoms with van der Waals surface area (Å²) in [6, 6.07) is 0. The third-order valence-corrected chi connectivity index (χ3v) is 2.45. The van der Waals surface area contributed by atoms with Crippen LogP contribution in [0.1, 0.15) is 27.2 Å². The Morgan fingerprint density at radius 1 is 0.875 bits per heavy atom. The summed E-state index contributed by atoms with van der Waals surface area (Å²) in [4.78, 5) is 34.3. The van der Waals surface area contributed by atoms with Crippen molar-refractivity contribution in [2.24, 2.45) is 0 Å². The minimum Gasteiger partial charge on any atom is -0.444 e. The zero-order valence-corrected chi connectivity index (χ0v) is 14.9. The van der Waals surface area contributed by atoms with Gasteiger partial charge < -0.3 is 30.2 Å². The molecule has 0 aliphatic heterocycles. The van der Waals surface area contributed by atoms with Crippen molar-refractivity contribution < 1.29 is 28.6 Å². The molecule has 0 rings (SSSR count). The third-order valence-electron chi connectivity index (χ3n) is 2.45. The molecule has 0 radical (unpaired) electrons. The van der Waals surface area contributed by atoms with Gasteiger partial charge in [0.15, 0.2) is 0 Å². The number of carbonyl (C=O) groups excluding carboxylic acids is 3. The molecule has 9 heteroatoms.